The number of anilines is 1. The topological polar surface area (TPSA) is 62.3 Å². The van der Waals surface area contributed by atoms with Crippen molar-refractivity contribution >= 4 is 17.5 Å². The fourth-order valence-electron chi connectivity index (χ4n) is 2.98. The van der Waals surface area contributed by atoms with E-state index in [0.29, 0.717) is 16.8 Å². The monoisotopic (exact) mass is 339 g/mol. The van der Waals surface area contributed by atoms with Crippen molar-refractivity contribution in [3.05, 3.63) is 59.9 Å². The zero-order valence-corrected chi connectivity index (χ0v) is 13.6. The van der Waals surface area contributed by atoms with E-state index in [2.05, 4.69) is 10.3 Å². The first-order chi connectivity index (χ1) is 12.0. The van der Waals surface area contributed by atoms with Gasteiger partial charge in [0.2, 0.25) is 5.91 Å². The zero-order chi connectivity index (χ0) is 17.4. The average Bonchev–Trinajstić information content (AvgIpc) is 3.45. The minimum Gasteiger partial charge on any atom is -0.331 e. The van der Waals surface area contributed by atoms with Crippen LogP contribution in [0.3, 0.4) is 0 Å². The van der Waals surface area contributed by atoms with Gasteiger partial charge in [0.25, 0.3) is 5.91 Å². The van der Waals surface area contributed by atoms with E-state index in [0.717, 1.165) is 12.8 Å². The van der Waals surface area contributed by atoms with Gasteiger partial charge in [0.05, 0.1) is 13.1 Å². The normalized spacial score (nSPS) is 18.4. The van der Waals surface area contributed by atoms with E-state index in [-0.39, 0.29) is 30.8 Å². The summed E-state index contributed by atoms with van der Waals surface area (Å²) in [6, 6.07) is 10.1. The molecule has 2 heterocycles. The molecule has 0 radical (unpaired) electrons. The Balaban J connectivity index is 1.38. The molecular formula is C19H18FN3O2. The number of nitrogens with one attached hydrogen (secondary N) is 1. The van der Waals surface area contributed by atoms with Gasteiger partial charge in [-0.25, -0.2) is 4.39 Å². The van der Waals surface area contributed by atoms with Gasteiger partial charge < -0.3 is 10.2 Å². The molecule has 25 heavy (non-hydrogen) atoms. The second-order valence-electron chi connectivity index (χ2n) is 6.71. The first kappa shape index (κ1) is 15.7. The third kappa shape index (κ3) is 3.12. The lowest BCUT2D eigenvalue weighted by Crippen LogP contribution is -2.58. The summed E-state index contributed by atoms with van der Waals surface area (Å²) in [5, 5.41) is 2.83. The van der Waals surface area contributed by atoms with E-state index in [1.165, 1.54) is 11.1 Å². The maximum Gasteiger partial charge on any atom is 0.254 e. The molecule has 1 aromatic carbocycles. The molecule has 2 aromatic rings. The fraction of sp³-hybridized carbons (Fsp3) is 0.316. The number of carbonyl (C=O) groups excluding carboxylic acids is 2. The first-order valence-corrected chi connectivity index (χ1v) is 8.35. The molecule has 2 fully saturated rings. The van der Waals surface area contributed by atoms with Crippen LogP contribution in [0.25, 0.3) is 0 Å². The molecule has 128 valence electrons. The van der Waals surface area contributed by atoms with Crippen LogP contribution in [0.15, 0.2) is 48.8 Å². The molecule has 1 N–H and O–H groups in total. The molecule has 1 saturated carbocycles. The molecule has 2 aliphatic rings. The maximum atomic E-state index is 14.8. The Labute approximate surface area is 144 Å². The minimum atomic E-state index is -1.53. The summed E-state index contributed by atoms with van der Waals surface area (Å²) in [7, 11) is 0. The molecule has 0 atom stereocenters. The molecular weight excluding hydrogens is 321 g/mol. The quantitative estimate of drug-likeness (QED) is 0.932. The molecule has 2 amide bonds. The number of nitrogens with zero attached hydrogens (tertiary/aromatic N) is 2. The summed E-state index contributed by atoms with van der Waals surface area (Å²) < 4.78 is 14.8. The molecule has 6 heteroatoms. The van der Waals surface area contributed by atoms with Crippen molar-refractivity contribution in [3.8, 4) is 0 Å². The lowest BCUT2D eigenvalue weighted by molar-refractivity contribution is -0.117. The third-order valence-corrected chi connectivity index (χ3v) is 4.70. The number of alkyl halides is 1. The number of hydrogen-bond acceptors (Lipinski definition) is 3. The number of carbonyl (C=O) groups is 2. The van der Waals surface area contributed by atoms with Gasteiger partial charge in [0.1, 0.15) is 0 Å². The standard InChI is InChI=1S/C19H18FN3O2/c20-19(15-2-1-9-21-10-15)11-23(12-19)18(25)14-5-7-16(8-6-14)22-17(24)13-3-4-13/h1-2,5-10,13H,3-4,11-12H2,(H,22,24). The van der Waals surface area contributed by atoms with E-state index in [9.17, 15) is 14.0 Å². The van der Waals surface area contributed by atoms with Crippen LogP contribution in [0, 0.1) is 5.92 Å². The summed E-state index contributed by atoms with van der Waals surface area (Å²) >= 11 is 0. The van der Waals surface area contributed by atoms with Crippen molar-refractivity contribution in [1.82, 2.24) is 9.88 Å². The molecule has 1 aliphatic heterocycles. The lowest BCUT2D eigenvalue weighted by Gasteiger charge is -2.44. The summed E-state index contributed by atoms with van der Waals surface area (Å²) in [5.74, 6) is -0.0507. The number of hydrogen-bond donors (Lipinski definition) is 1. The van der Waals surface area contributed by atoms with Gasteiger partial charge in [-0.05, 0) is 43.2 Å². The summed E-state index contributed by atoms with van der Waals surface area (Å²) in [6.45, 7) is 0.0510. The fourth-order valence-corrected chi connectivity index (χ4v) is 2.98. The number of benzene rings is 1. The van der Waals surface area contributed by atoms with Crippen molar-refractivity contribution in [2.45, 2.75) is 18.5 Å². The summed E-state index contributed by atoms with van der Waals surface area (Å²) in [4.78, 5) is 29.6. The van der Waals surface area contributed by atoms with Crippen LogP contribution in [-0.2, 0) is 10.5 Å². The van der Waals surface area contributed by atoms with E-state index in [1.807, 2.05) is 0 Å². The Bertz CT molecular complexity index is 797. The summed E-state index contributed by atoms with van der Waals surface area (Å²) in [6.07, 6.45) is 4.98. The molecule has 5 nitrogen and oxygen atoms in total. The van der Waals surface area contributed by atoms with Gasteiger partial charge in [-0.2, -0.15) is 0 Å². The van der Waals surface area contributed by atoms with Crippen LogP contribution in [0.5, 0.6) is 0 Å². The van der Waals surface area contributed by atoms with Crippen molar-refractivity contribution < 1.29 is 14.0 Å². The second kappa shape index (κ2) is 5.95. The molecule has 1 aromatic heterocycles. The smallest absolute Gasteiger partial charge is 0.254 e. The van der Waals surface area contributed by atoms with Crippen molar-refractivity contribution in [2.24, 2.45) is 5.92 Å². The number of aromatic nitrogens is 1. The summed E-state index contributed by atoms with van der Waals surface area (Å²) in [5.41, 5.74) is 0.129. The Morgan fingerprint density at radius 1 is 1.16 bits per heavy atom. The number of pyridine rings is 1. The third-order valence-electron chi connectivity index (χ3n) is 4.70. The van der Waals surface area contributed by atoms with Crippen molar-refractivity contribution in [3.63, 3.8) is 0 Å². The van der Waals surface area contributed by atoms with Crippen LogP contribution in [0.2, 0.25) is 0 Å². The maximum absolute atomic E-state index is 14.8. The van der Waals surface area contributed by atoms with Crippen LogP contribution < -0.4 is 5.32 Å². The van der Waals surface area contributed by atoms with Gasteiger partial charge in [-0.15, -0.1) is 0 Å². The van der Waals surface area contributed by atoms with Crippen LogP contribution in [0.1, 0.15) is 28.8 Å². The van der Waals surface area contributed by atoms with Gasteiger partial charge in [0, 0.05) is 35.1 Å². The van der Waals surface area contributed by atoms with Crippen molar-refractivity contribution in [1.29, 1.82) is 0 Å². The van der Waals surface area contributed by atoms with Crippen LogP contribution >= 0.6 is 0 Å². The number of likely N-dealkylation sites (tertiary alicyclic amines) is 1. The van der Waals surface area contributed by atoms with Gasteiger partial charge in [-0.1, -0.05) is 6.07 Å². The highest BCUT2D eigenvalue weighted by Crippen LogP contribution is 2.36. The predicted molar refractivity (Wildman–Crippen MR) is 90.7 cm³/mol. The lowest BCUT2D eigenvalue weighted by atomic mass is 9.88. The highest BCUT2D eigenvalue weighted by Gasteiger charge is 2.47. The zero-order valence-electron chi connectivity index (χ0n) is 13.6. The Kier molecular flexibility index (Phi) is 3.75. The van der Waals surface area contributed by atoms with Crippen LogP contribution in [0.4, 0.5) is 10.1 Å². The Morgan fingerprint density at radius 2 is 1.88 bits per heavy atom. The van der Waals surface area contributed by atoms with Gasteiger partial charge in [0.15, 0.2) is 5.67 Å². The van der Waals surface area contributed by atoms with E-state index in [4.69, 9.17) is 0 Å². The number of amides is 2. The molecule has 0 bridgehead atoms. The second-order valence-corrected chi connectivity index (χ2v) is 6.71. The van der Waals surface area contributed by atoms with Crippen LogP contribution in [-0.4, -0.2) is 34.8 Å². The van der Waals surface area contributed by atoms with E-state index in [1.54, 1.807) is 42.6 Å². The molecule has 0 spiro atoms. The first-order valence-electron chi connectivity index (χ1n) is 8.35. The molecule has 0 unspecified atom stereocenters. The number of halogens is 1. The highest BCUT2D eigenvalue weighted by molar-refractivity contribution is 5.97. The largest absolute Gasteiger partial charge is 0.331 e. The van der Waals surface area contributed by atoms with E-state index >= 15 is 0 Å². The predicted octanol–water partition coefficient (Wildman–Crippen LogP) is 2.75. The van der Waals surface area contributed by atoms with Crippen molar-refractivity contribution in [2.75, 3.05) is 18.4 Å². The van der Waals surface area contributed by atoms with Gasteiger partial charge >= 0.3 is 0 Å². The molecule has 1 saturated heterocycles. The minimum absolute atomic E-state index is 0.0255. The molecule has 1 aliphatic carbocycles. The Morgan fingerprint density at radius 3 is 2.48 bits per heavy atom. The average molecular weight is 339 g/mol. The van der Waals surface area contributed by atoms with Gasteiger partial charge in [-0.3, -0.25) is 14.6 Å². The highest BCUT2D eigenvalue weighted by atomic mass is 19.1. The van der Waals surface area contributed by atoms with E-state index < -0.39 is 5.67 Å². The SMILES string of the molecule is O=C(Nc1ccc(C(=O)N2CC(F)(c3cccnc3)C2)cc1)C1CC1. The Hall–Kier alpha value is -2.76. The molecule has 4 rings (SSSR count). The number of rotatable bonds is 4.